The summed E-state index contributed by atoms with van der Waals surface area (Å²) in [4.78, 5) is 6.40. The molecule has 128 valence electrons. The Kier molecular flexibility index (Phi) is 8.46. The number of guanidine groups is 1. The molecule has 0 bridgehead atoms. The number of hydrogen-bond acceptors (Lipinski definition) is 2. The van der Waals surface area contributed by atoms with Gasteiger partial charge in [0.25, 0.3) is 0 Å². The van der Waals surface area contributed by atoms with Gasteiger partial charge in [0.05, 0.1) is 11.6 Å². The molecular weight excluding hydrogens is 427 g/mol. The zero-order valence-electron chi connectivity index (χ0n) is 13.7. The Balaban J connectivity index is 0.00000264. The van der Waals surface area contributed by atoms with E-state index in [0.717, 1.165) is 42.7 Å². The minimum Gasteiger partial charge on any atom is -0.356 e. The molecule has 23 heavy (non-hydrogen) atoms. The topological polar surface area (TPSA) is 50.4 Å². The molecule has 0 radical (unpaired) electrons. The molecule has 0 unspecified atom stereocenters. The molecule has 2 rings (SSSR count). The van der Waals surface area contributed by atoms with E-state index in [1.165, 1.54) is 0 Å². The number of aliphatic imine (C=N–C) groups is 1. The average Bonchev–Trinajstić information content (AvgIpc) is 3.09. The number of nitrogens with one attached hydrogen (secondary N) is 1. The second-order valence-electron chi connectivity index (χ2n) is 5.21. The van der Waals surface area contributed by atoms with Gasteiger partial charge in [-0.1, -0.05) is 11.6 Å². The first-order valence-electron chi connectivity index (χ1n) is 7.30. The lowest BCUT2D eigenvalue weighted by Gasteiger charge is -2.22. The van der Waals surface area contributed by atoms with E-state index in [1.54, 1.807) is 13.2 Å². The lowest BCUT2D eigenvalue weighted by atomic mass is 10.4. The predicted molar refractivity (Wildman–Crippen MR) is 106 cm³/mol. The van der Waals surface area contributed by atoms with E-state index < -0.39 is 0 Å². The smallest absolute Gasteiger partial charge is 0.193 e. The van der Waals surface area contributed by atoms with E-state index in [0.29, 0.717) is 0 Å². The van der Waals surface area contributed by atoms with Crippen molar-refractivity contribution in [2.75, 3.05) is 20.6 Å². The van der Waals surface area contributed by atoms with Crippen LogP contribution in [0.25, 0.3) is 0 Å². The van der Waals surface area contributed by atoms with Gasteiger partial charge in [0, 0.05) is 58.5 Å². The molecule has 0 aliphatic heterocycles. The summed E-state index contributed by atoms with van der Waals surface area (Å²) in [5, 5.41) is 8.32. The van der Waals surface area contributed by atoms with Gasteiger partial charge in [0.15, 0.2) is 5.96 Å². The number of hydrogen-bond donors (Lipinski definition) is 1. The van der Waals surface area contributed by atoms with Crippen molar-refractivity contribution in [2.24, 2.45) is 12.0 Å². The van der Waals surface area contributed by atoms with Crippen LogP contribution >= 0.6 is 35.6 Å². The lowest BCUT2D eigenvalue weighted by Crippen LogP contribution is -2.39. The molecule has 0 aliphatic rings. The van der Waals surface area contributed by atoms with E-state index in [9.17, 15) is 0 Å². The van der Waals surface area contributed by atoms with Gasteiger partial charge in [-0.25, -0.2) is 0 Å². The van der Waals surface area contributed by atoms with Crippen molar-refractivity contribution in [1.82, 2.24) is 24.6 Å². The molecule has 0 amide bonds. The maximum atomic E-state index is 6.02. The second kappa shape index (κ2) is 9.82. The van der Waals surface area contributed by atoms with E-state index in [1.807, 2.05) is 47.9 Å². The summed E-state index contributed by atoms with van der Waals surface area (Å²) < 4.78 is 3.96. The van der Waals surface area contributed by atoms with Crippen molar-refractivity contribution >= 4 is 41.5 Å². The molecule has 6 nitrogen and oxygen atoms in total. The first-order valence-corrected chi connectivity index (χ1v) is 7.68. The molecule has 2 aromatic heterocycles. The standard InChI is InChI=1S/C15H23ClN6.HI/c1-17-15(18-6-4-8-22-9-5-7-19-22)21(3)12-14-10-13(16)11-20(14)2;/h5,7,9-11H,4,6,8,12H2,1-3H3,(H,17,18);1H. The summed E-state index contributed by atoms with van der Waals surface area (Å²) in [5.74, 6) is 0.873. The third-order valence-electron chi connectivity index (χ3n) is 3.45. The molecule has 0 aliphatic carbocycles. The van der Waals surface area contributed by atoms with Crippen molar-refractivity contribution in [3.05, 3.63) is 41.4 Å². The normalized spacial score (nSPS) is 11.2. The number of nitrogens with zero attached hydrogens (tertiary/aromatic N) is 5. The van der Waals surface area contributed by atoms with Gasteiger partial charge in [0.2, 0.25) is 0 Å². The van der Waals surface area contributed by atoms with Crippen LogP contribution in [0.4, 0.5) is 0 Å². The maximum absolute atomic E-state index is 6.02. The van der Waals surface area contributed by atoms with Crippen molar-refractivity contribution < 1.29 is 0 Å². The van der Waals surface area contributed by atoms with Gasteiger partial charge in [-0.05, 0) is 18.6 Å². The predicted octanol–water partition coefficient (Wildman–Crippen LogP) is 2.59. The largest absolute Gasteiger partial charge is 0.356 e. The molecule has 2 aromatic rings. The Bertz CT molecular complexity index is 608. The quantitative estimate of drug-likeness (QED) is 0.319. The van der Waals surface area contributed by atoms with Crippen LogP contribution in [0, 0.1) is 0 Å². The highest BCUT2D eigenvalue weighted by Gasteiger charge is 2.09. The summed E-state index contributed by atoms with van der Waals surface area (Å²) >= 11 is 6.02. The molecule has 1 N–H and O–H groups in total. The summed E-state index contributed by atoms with van der Waals surface area (Å²) in [6, 6.07) is 3.91. The molecule has 0 saturated carbocycles. The van der Waals surface area contributed by atoms with Gasteiger partial charge >= 0.3 is 0 Å². The fraction of sp³-hybridized carbons (Fsp3) is 0.467. The molecule has 0 atom stereocenters. The highest BCUT2D eigenvalue weighted by molar-refractivity contribution is 14.0. The molecule has 8 heteroatoms. The van der Waals surface area contributed by atoms with E-state index in [4.69, 9.17) is 11.6 Å². The number of aromatic nitrogens is 3. The number of halogens is 2. The summed E-state index contributed by atoms with van der Waals surface area (Å²) in [7, 11) is 5.81. The fourth-order valence-corrected chi connectivity index (χ4v) is 2.57. The number of aryl methyl sites for hydroxylation is 2. The Morgan fingerprint density at radius 2 is 2.26 bits per heavy atom. The van der Waals surface area contributed by atoms with Crippen LogP contribution in [0.5, 0.6) is 0 Å². The van der Waals surface area contributed by atoms with Crippen molar-refractivity contribution in [3.63, 3.8) is 0 Å². The molecule has 0 aromatic carbocycles. The zero-order valence-corrected chi connectivity index (χ0v) is 16.8. The summed E-state index contributed by atoms with van der Waals surface area (Å²) in [6.45, 7) is 2.50. The van der Waals surface area contributed by atoms with Crippen molar-refractivity contribution in [1.29, 1.82) is 0 Å². The van der Waals surface area contributed by atoms with Crippen molar-refractivity contribution in [2.45, 2.75) is 19.5 Å². The maximum Gasteiger partial charge on any atom is 0.193 e. The Hall–Kier alpha value is -1.22. The third kappa shape index (κ3) is 6.06. The van der Waals surface area contributed by atoms with E-state index >= 15 is 0 Å². The van der Waals surface area contributed by atoms with Crippen LogP contribution in [0.2, 0.25) is 5.02 Å². The summed E-state index contributed by atoms with van der Waals surface area (Å²) in [6.07, 6.45) is 6.67. The zero-order chi connectivity index (χ0) is 15.9. The SMILES string of the molecule is CN=C(NCCCn1cccn1)N(C)Cc1cc(Cl)cn1C.I. The highest BCUT2D eigenvalue weighted by atomic mass is 127. The van der Waals surface area contributed by atoms with Gasteiger partial charge < -0.3 is 14.8 Å². The first-order chi connectivity index (χ1) is 10.6. The minimum atomic E-state index is 0. The Labute approximate surface area is 159 Å². The minimum absolute atomic E-state index is 0. The van der Waals surface area contributed by atoms with Crippen LogP contribution in [0.1, 0.15) is 12.1 Å². The summed E-state index contributed by atoms with van der Waals surface area (Å²) in [5.41, 5.74) is 1.15. The van der Waals surface area contributed by atoms with E-state index in [-0.39, 0.29) is 24.0 Å². The molecule has 2 heterocycles. The molecular formula is C15H24ClIN6. The van der Waals surface area contributed by atoms with Crippen LogP contribution in [-0.2, 0) is 20.1 Å². The van der Waals surface area contributed by atoms with Crippen molar-refractivity contribution in [3.8, 4) is 0 Å². The average molecular weight is 451 g/mol. The van der Waals surface area contributed by atoms with Gasteiger partial charge in [0.1, 0.15) is 0 Å². The second-order valence-corrected chi connectivity index (χ2v) is 5.65. The van der Waals surface area contributed by atoms with Gasteiger partial charge in [-0.15, -0.1) is 24.0 Å². The molecule has 0 fully saturated rings. The van der Waals surface area contributed by atoms with E-state index in [2.05, 4.69) is 20.3 Å². The van der Waals surface area contributed by atoms with Crippen LogP contribution in [-0.4, -0.2) is 45.8 Å². The molecule has 0 spiro atoms. The Morgan fingerprint density at radius 3 is 2.83 bits per heavy atom. The van der Waals surface area contributed by atoms with Crippen LogP contribution < -0.4 is 5.32 Å². The number of rotatable bonds is 6. The van der Waals surface area contributed by atoms with Crippen LogP contribution in [0.15, 0.2) is 35.7 Å². The van der Waals surface area contributed by atoms with Gasteiger partial charge in [-0.3, -0.25) is 9.67 Å². The highest BCUT2D eigenvalue weighted by Crippen LogP contribution is 2.14. The Morgan fingerprint density at radius 1 is 1.48 bits per heavy atom. The van der Waals surface area contributed by atoms with Gasteiger partial charge in [-0.2, -0.15) is 5.10 Å². The van der Waals surface area contributed by atoms with Crippen LogP contribution in [0.3, 0.4) is 0 Å². The molecule has 0 saturated heterocycles. The third-order valence-corrected chi connectivity index (χ3v) is 3.66. The fourth-order valence-electron chi connectivity index (χ4n) is 2.30. The first kappa shape index (κ1) is 19.8. The lowest BCUT2D eigenvalue weighted by molar-refractivity contribution is 0.457. The monoisotopic (exact) mass is 450 g/mol.